The number of fused-ring (bicyclic) bond motifs is 3. The first-order valence-electron chi connectivity index (χ1n) is 13.5. The second-order valence-corrected chi connectivity index (χ2v) is 11.9. The Morgan fingerprint density at radius 1 is 1.10 bits per heavy atom. The molecule has 0 radical (unpaired) electrons. The number of ketones is 2. The smallest absolute Gasteiger partial charge is 0.548 e. The van der Waals surface area contributed by atoms with Gasteiger partial charge in [-0.1, -0.05) is 31.0 Å². The molecule has 1 aromatic carbocycles. The third-order valence-electron chi connectivity index (χ3n) is 9.34. The van der Waals surface area contributed by atoms with Gasteiger partial charge in [-0.25, -0.2) is 5.43 Å². The van der Waals surface area contributed by atoms with Crippen LogP contribution in [0.5, 0.6) is 0 Å². The van der Waals surface area contributed by atoms with Crippen molar-refractivity contribution in [2.45, 2.75) is 63.1 Å². The molecule has 2 unspecified atom stereocenters. The summed E-state index contributed by atoms with van der Waals surface area (Å²) in [5, 5.41) is 46.1. The number of amides is 1. The monoisotopic (exact) mass is 575 g/mol. The van der Waals surface area contributed by atoms with Crippen LogP contribution in [-0.2, 0) is 24.8 Å². The molecule has 0 saturated heterocycles. The topological polar surface area (TPSA) is 179 Å². The average molecular weight is 576 g/mol. The van der Waals surface area contributed by atoms with Gasteiger partial charge in [-0.05, 0) is 64.3 Å². The van der Waals surface area contributed by atoms with E-state index in [0.717, 1.165) is 0 Å². The molecular formula is C29H34N3NaO8. The van der Waals surface area contributed by atoms with Gasteiger partial charge in [0, 0.05) is 17.1 Å². The normalized spacial score (nSPS) is 30.4. The van der Waals surface area contributed by atoms with Gasteiger partial charge in [-0.2, -0.15) is 0 Å². The fourth-order valence-corrected chi connectivity index (χ4v) is 7.29. The molecule has 11 nitrogen and oxygen atoms in total. The van der Waals surface area contributed by atoms with Crippen LogP contribution in [0.4, 0.5) is 0 Å². The number of aliphatic carboxylic acids is 1. The number of rotatable bonds is 5. The molecule has 12 heteroatoms. The van der Waals surface area contributed by atoms with Gasteiger partial charge in [0.05, 0.1) is 29.1 Å². The van der Waals surface area contributed by atoms with Gasteiger partial charge in [0.2, 0.25) is 0 Å². The third kappa shape index (κ3) is 4.67. The maximum Gasteiger partial charge on any atom is 1.00 e. The molecule has 2 fully saturated rings. The van der Waals surface area contributed by atoms with Gasteiger partial charge in [-0.3, -0.25) is 24.7 Å². The van der Waals surface area contributed by atoms with Gasteiger partial charge in [0.1, 0.15) is 17.1 Å². The van der Waals surface area contributed by atoms with E-state index in [2.05, 4.69) is 10.9 Å². The van der Waals surface area contributed by atoms with Gasteiger partial charge < -0.3 is 25.2 Å². The van der Waals surface area contributed by atoms with Crippen molar-refractivity contribution in [2.75, 3.05) is 14.1 Å². The Kier molecular flexibility index (Phi) is 8.38. The van der Waals surface area contributed by atoms with Crippen LogP contribution >= 0.6 is 0 Å². The number of carbonyl (C=O) groups excluding carboxylic acids is 4. The van der Waals surface area contributed by atoms with E-state index in [4.69, 9.17) is 0 Å². The molecule has 1 aromatic rings. The SMILES string of the molecule is Cc1cccc2c1C(O)=C1C(=O)C3C(=O)C(C(=O)NNC4(C(=O)[O-])CCCC4)=C(O)[C@@H](N(C)C)[C@@H]3C[C@@H]1C2(C)O.[Na+]. The van der Waals surface area contributed by atoms with Gasteiger partial charge >= 0.3 is 29.6 Å². The van der Waals surface area contributed by atoms with Gasteiger partial charge in [0.25, 0.3) is 5.91 Å². The first-order valence-corrected chi connectivity index (χ1v) is 13.5. The fourth-order valence-electron chi connectivity index (χ4n) is 7.29. The van der Waals surface area contributed by atoms with E-state index in [1.165, 1.54) is 0 Å². The molecule has 5 atom stereocenters. The van der Waals surface area contributed by atoms with Crippen LogP contribution in [0.2, 0.25) is 0 Å². The first kappa shape index (κ1) is 31.4. The summed E-state index contributed by atoms with van der Waals surface area (Å²) in [4.78, 5) is 54.6. The molecular weight excluding hydrogens is 541 g/mol. The number of benzene rings is 1. The average Bonchev–Trinajstić information content (AvgIpc) is 3.36. The molecule has 0 aliphatic heterocycles. The molecule has 5 rings (SSSR count). The van der Waals surface area contributed by atoms with Crippen LogP contribution in [0.25, 0.3) is 5.76 Å². The molecule has 214 valence electrons. The summed E-state index contributed by atoms with van der Waals surface area (Å²) in [6, 6.07) is 4.26. The van der Waals surface area contributed by atoms with Crippen molar-refractivity contribution in [3.63, 3.8) is 0 Å². The van der Waals surface area contributed by atoms with Crippen LogP contribution in [-0.4, -0.2) is 69.3 Å². The zero-order valence-electron chi connectivity index (χ0n) is 23.9. The van der Waals surface area contributed by atoms with E-state index in [9.17, 15) is 39.6 Å². The largest absolute Gasteiger partial charge is 1.00 e. The molecule has 0 bridgehead atoms. The number of aliphatic hydroxyl groups is 3. The number of hydrogen-bond donors (Lipinski definition) is 5. The van der Waals surface area contributed by atoms with Crippen molar-refractivity contribution < 1.29 is 69.2 Å². The third-order valence-corrected chi connectivity index (χ3v) is 9.34. The van der Waals surface area contributed by atoms with E-state index >= 15 is 0 Å². The van der Waals surface area contributed by atoms with Crippen molar-refractivity contribution in [1.29, 1.82) is 0 Å². The number of likely N-dealkylation sites (N-methyl/N-ethyl adjacent to an activating group) is 1. The van der Waals surface area contributed by atoms with Crippen molar-refractivity contribution in [1.82, 2.24) is 15.8 Å². The quantitative estimate of drug-likeness (QED) is 0.108. The van der Waals surface area contributed by atoms with E-state index in [1.54, 1.807) is 51.0 Å². The minimum absolute atomic E-state index is 0. The maximum atomic E-state index is 14.1. The number of aliphatic hydroxyl groups excluding tert-OH is 2. The zero-order valence-corrected chi connectivity index (χ0v) is 25.9. The van der Waals surface area contributed by atoms with Crippen molar-refractivity contribution >= 4 is 29.2 Å². The summed E-state index contributed by atoms with van der Waals surface area (Å²) in [5.41, 5.74) is 2.44. The van der Waals surface area contributed by atoms with Crippen LogP contribution in [0.15, 0.2) is 35.1 Å². The Labute approximate surface area is 259 Å². The Morgan fingerprint density at radius 3 is 2.32 bits per heavy atom. The summed E-state index contributed by atoms with van der Waals surface area (Å²) >= 11 is 0. The van der Waals surface area contributed by atoms with E-state index in [-0.39, 0.29) is 60.2 Å². The zero-order chi connectivity index (χ0) is 29.3. The molecule has 0 spiro atoms. The van der Waals surface area contributed by atoms with Crippen molar-refractivity contribution in [3.05, 3.63) is 51.8 Å². The molecule has 4 aliphatic carbocycles. The molecule has 1 amide bonds. The Morgan fingerprint density at radius 2 is 1.73 bits per heavy atom. The van der Waals surface area contributed by atoms with Crippen LogP contribution in [0.3, 0.4) is 0 Å². The summed E-state index contributed by atoms with van der Waals surface area (Å²) < 4.78 is 0. The Balaban J connectivity index is 0.00000387. The molecule has 0 aromatic heterocycles. The Hall–Kier alpha value is -2.54. The molecule has 41 heavy (non-hydrogen) atoms. The first-order chi connectivity index (χ1) is 18.7. The van der Waals surface area contributed by atoms with Crippen LogP contribution < -0.4 is 45.5 Å². The molecule has 0 heterocycles. The minimum Gasteiger partial charge on any atom is -0.548 e. The summed E-state index contributed by atoms with van der Waals surface area (Å²) in [7, 11) is 3.27. The van der Waals surface area contributed by atoms with E-state index < -0.39 is 69.7 Å². The second-order valence-electron chi connectivity index (χ2n) is 11.9. The minimum atomic E-state index is -1.55. The molecule has 4 aliphatic rings. The van der Waals surface area contributed by atoms with E-state index in [0.29, 0.717) is 29.5 Å². The number of hydrazine groups is 1. The summed E-state index contributed by atoms with van der Waals surface area (Å²) in [5.74, 6) is -7.99. The Bertz CT molecular complexity index is 1390. The number of carboxylic acids is 1. The number of Topliss-reactive ketones (excluding diaryl/α,β-unsaturated/α-hetero) is 2. The second kappa shape index (κ2) is 10.9. The maximum absolute atomic E-state index is 14.1. The summed E-state index contributed by atoms with van der Waals surface area (Å²) in [6.45, 7) is 3.32. The molecule has 2 saturated carbocycles. The van der Waals surface area contributed by atoms with Gasteiger partial charge in [-0.15, -0.1) is 0 Å². The summed E-state index contributed by atoms with van der Waals surface area (Å²) in [6.07, 6.45) is 1.73. The number of aryl methyl sites for hydroxylation is 1. The number of carbonyl (C=O) groups is 4. The predicted octanol–water partition coefficient (Wildman–Crippen LogP) is -2.68. The van der Waals surface area contributed by atoms with Crippen molar-refractivity contribution in [2.24, 2.45) is 17.8 Å². The fraction of sp³-hybridized carbons (Fsp3) is 0.517. The number of hydrogen-bond acceptors (Lipinski definition) is 10. The predicted molar refractivity (Wildman–Crippen MR) is 140 cm³/mol. The number of carboxylic acid groups (broad SMARTS) is 1. The van der Waals surface area contributed by atoms with Gasteiger partial charge in [0.15, 0.2) is 11.6 Å². The standard InChI is InChI=1S/C29H35N3O8.Na/c1-13-8-7-9-15-17(13)22(33)19-16(28(15,2)40)12-14-18(23(19)34)24(35)20(25(36)21(14)32(3)4)26(37)30-31-29(27(38)39)10-5-6-11-29;/h7-9,14,16,18,21,31,33,36,40H,5-6,10-12H2,1-4H3,(H,30,37)(H,38,39);/q;+1/p-1/t14-,16+,18?,21+,28?;/m1./s1. The van der Waals surface area contributed by atoms with Crippen LogP contribution in [0.1, 0.15) is 55.7 Å². The van der Waals surface area contributed by atoms with Crippen molar-refractivity contribution in [3.8, 4) is 0 Å². The number of nitrogens with zero attached hydrogens (tertiary/aromatic N) is 1. The number of nitrogens with one attached hydrogen (secondary N) is 2. The molecule has 5 N–H and O–H groups in total. The van der Waals surface area contributed by atoms with E-state index in [1.807, 2.05) is 0 Å². The van der Waals surface area contributed by atoms with Crippen LogP contribution in [0, 0.1) is 24.7 Å².